The molecule has 2 nitrogen and oxygen atoms in total. The predicted octanol–water partition coefficient (Wildman–Crippen LogP) is 3.78. The maximum absolute atomic E-state index is 12.2. The summed E-state index contributed by atoms with van der Waals surface area (Å²) in [4.78, 5) is 12.2. The number of nitriles is 1. The first kappa shape index (κ1) is 13.1. The van der Waals surface area contributed by atoms with Gasteiger partial charge in [0.1, 0.15) is 5.92 Å². The fourth-order valence-electron chi connectivity index (χ4n) is 2.60. The number of rotatable bonds is 4. The quantitative estimate of drug-likeness (QED) is 0.828. The van der Waals surface area contributed by atoms with Gasteiger partial charge in [0.2, 0.25) is 0 Å². The number of hydrogen-bond donors (Lipinski definition) is 0. The fourth-order valence-corrected chi connectivity index (χ4v) is 2.82. The minimum Gasteiger partial charge on any atom is -0.298 e. The maximum Gasteiger partial charge on any atom is 0.153 e. The van der Waals surface area contributed by atoms with Crippen molar-refractivity contribution in [2.75, 3.05) is 0 Å². The monoisotopic (exact) mass is 261 g/mol. The molecule has 2 rings (SSSR count). The summed E-state index contributed by atoms with van der Waals surface area (Å²) in [7, 11) is 0. The summed E-state index contributed by atoms with van der Waals surface area (Å²) in [5.41, 5.74) is 0.959. The molecule has 1 aliphatic rings. The average Bonchev–Trinajstić information content (AvgIpc) is 2.89. The van der Waals surface area contributed by atoms with E-state index >= 15 is 0 Å². The van der Waals surface area contributed by atoms with Gasteiger partial charge in [0.25, 0.3) is 0 Å². The Bertz CT molecular complexity index is 472. The Hall–Kier alpha value is -1.33. The lowest BCUT2D eigenvalue weighted by Gasteiger charge is -2.13. The van der Waals surface area contributed by atoms with Gasteiger partial charge in [-0.15, -0.1) is 0 Å². The van der Waals surface area contributed by atoms with E-state index in [9.17, 15) is 10.1 Å². The third-order valence-corrected chi connectivity index (χ3v) is 3.82. The van der Waals surface area contributed by atoms with E-state index in [1.807, 2.05) is 18.2 Å². The van der Waals surface area contributed by atoms with Crippen LogP contribution < -0.4 is 0 Å². The number of carbonyl (C=O) groups is 1. The summed E-state index contributed by atoms with van der Waals surface area (Å²) in [5, 5.41) is 9.83. The van der Waals surface area contributed by atoms with Crippen LogP contribution >= 0.6 is 11.6 Å². The summed E-state index contributed by atoms with van der Waals surface area (Å²) in [6, 6.07) is 9.55. The van der Waals surface area contributed by atoms with Crippen molar-refractivity contribution in [3.63, 3.8) is 0 Å². The number of hydrogen-bond acceptors (Lipinski definition) is 2. The molecule has 0 heterocycles. The number of benzene rings is 1. The lowest BCUT2D eigenvalue weighted by molar-refractivity contribution is -0.125. The van der Waals surface area contributed by atoms with Crippen molar-refractivity contribution in [3.8, 4) is 6.07 Å². The standard InChI is InChI=1S/C15H16ClNO/c16-14-7-3-4-11(9-14)8-13(10-17)15(18)12-5-1-2-6-12/h3-4,7,9,12-13H,1-2,5-6,8H2/t13-/m0/s1. The Labute approximate surface area is 113 Å². The van der Waals surface area contributed by atoms with Crippen LogP contribution in [-0.4, -0.2) is 5.78 Å². The highest BCUT2D eigenvalue weighted by Crippen LogP contribution is 2.29. The van der Waals surface area contributed by atoms with Gasteiger partial charge in [0.15, 0.2) is 5.78 Å². The minimum absolute atomic E-state index is 0.105. The van der Waals surface area contributed by atoms with E-state index in [0.29, 0.717) is 11.4 Å². The summed E-state index contributed by atoms with van der Waals surface area (Å²) in [5.74, 6) is -0.296. The van der Waals surface area contributed by atoms with Gasteiger partial charge in [-0.05, 0) is 37.0 Å². The molecule has 1 saturated carbocycles. The van der Waals surface area contributed by atoms with Crippen molar-refractivity contribution in [1.29, 1.82) is 5.26 Å². The van der Waals surface area contributed by atoms with E-state index in [2.05, 4.69) is 6.07 Å². The van der Waals surface area contributed by atoms with E-state index in [0.717, 1.165) is 31.2 Å². The van der Waals surface area contributed by atoms with Gasteiger partial charge >= 0.3 is 0 Å². The molecule has 0 radical (unpaired) electrons. The first-order valence-electron chi connectivity index (χ1n) is 6.38. The molecule has 18 heavy (non-hydrogen) atoms. The van der Waals surface area contributed by atoms with E-state index in [-0.39, 0.29) is 11.7 Å². The van der Waals surface area contributed by atoms with Crippen molar-refractivity contribution >= 4 is 17.4 Å². The van der Waals surface area contributed by atoms with E-state index in [1.54, 1.807) is 6.07 Å². The SMILES string of the molecule is N#C[C@H](Cc1cccc(Cl)c1)C(=O)C1CCCC1. The minimum atomic E-state index is -0.522. The maximum atomic E-state index is 12.2. The molecule has 0 unspecified atom stereocenters. The van der Waals surface area contributed by atoms with E-state index in [4.69, 9.17) is 11.6 Å². The van der Waals surface area contributed by atoms with Crippen LogP contribution in [0.2, 0.25) is 5.02 Å². The summed E-state index contributed by atoms with van der Waals surface area (Å²) >= 11 is 5.91. The Morgan fingerprint density at radius 2 is 2.17 bits per heavy atom. The van der Waals surface area contributed by atoms with Crippen molar-refractivity contribution in [3.05, 3.63) is 34.9 Å². The molecule has 3 heteroatoms. The van der Waals surface area contributed by atoms with E-state index in [1.165, 1.54) is 0 Å². The zero-order valence-electron chi connectivity index (χ0n) is 10.2. The second-order valence-corrected chi connectivity index (χ2v) is 5.34. The Balaban J connectivity index is 2.05. The Morgan fingerprint density at radius 3 is 2.78 bits per heavy atom. The average molecular weight is 262 g/mol. The molecular weight excluding hydrogens is 246 g/mol. The van der Waals surface area contributed by atoms with Gasteiger partial charge < -0.3 is 0 Å². The van der Waals surface area contributed by atoms with Crippen LogP contribution in [0, 0.1) is 23.2 Å². The number of nitrogens with zero attached hydrogens (tertiary/aromatic N) is 1. The normalized spacial score (nSPS) is 17.3. The van der Waals surface area contributed by atoms with Crippen molar-refractivity contribution in [2.45, 2.75) is 32.1 Å². The molecule has 0 bridgehead atoms. The Kier molecular flexibility index (Phi) is 4.38. The zero-order valence-corrected chi connectivity index (χ0v) is 11.0. The van der Waals surface area contributed by atoms with Gasteiger partial charge in [-0.3, -0.25) is 4.79 Å². The van der Waals surface area contributed by atoms with Gasteiger partial charge in [-0.1, -0.05) is 36.6 Å². The first-order chi connectivity index (χ1) is 8.70. The van der Waals surface area contributed by atoms with Gasteiger partial charge in [-0.2, -0.15) is 5.26 Å². The van der Waals surface area contributed by atoms with Crippen LogP contribution in [0.15, 0.2) is 24.3 Å². The first-order valence-corrected chi connectivity index (χ1v) is 6.76. The molecule has 0 saturated heterocycles. The lowest BCUT2D eigenvalue weighted by atomic mass is 9.88. The zero-order chi connectivity index (χ0) is 13.0. The van der Waals surface area contributed by atoms with Crippen LogP contribution in [0.25, 0.3) is 0 Å². The summed E-state index contributed by atoms with van der Waals surface area (Å²) in [6.07, 6.45) is 4.61. The molecule has 0 spiro atoms. The Morgan fingerprint density at radius 1 is 1.44 bits per heavy atom. The molecule has 1 fully saturated rings. The van der Waals surface area contributed by atoms with Gasteiger partial charge in [0.05, 0.1) is 6.07 Å². The lowest BCUT2D eigenvalue weighted by Crippen LogP contribution is -2.22. The fraction of sp³-hybridized carbons (Fsp3) is 0.467. The molecule has 0 N–H and O–H groups in total. The highest BCUT2D eigenvalue weighted by atomic mass is 35.5. The topological polar surface area (TPSA) is 40.9 Å². The van der Waals surface area contributed by atoms with Crippen molar-refractivity contribution < 1.29 is 4.79 Å². The summed E-state index contributed by atoms with van der Waals surface area (Å²) in [6.45, 7) is 0. The second-order valence-electron chi connectivity index (χ2n) is 4.90. The molecule has 0 aromatic heterocycles. The third-order valence-electron chi connectivity index (χ3n) is 3.59. The van der Waals surface area contributed by atoms with Gasteiger partial charge in [0, 0.05) is 10.9 Å². The van der Waals surface area contributed by atoms with Crippen LogP contribution in [0.4, 0.5) is 0 Å². The highest BCUT2D eigenvalue weighted by Gasteiger charge is 2.29. The number of carbonyl (C=O) groups excluding carboxylic acids is 1. The van der Waals surface area contributed by atoms with E-state index < -0.39 is 5.92 Å². The predicted molar refractivity (Wildman–Crippen MR) is 71.2 cm³/mol. The number of halogens is 1. The van der Waals surface area contributed by atoms with Crippen molar-refractivity contribution in [1.82, 2.24) is 0 Å². The third kappa shape index (κ3) is 3.11. The molecule has 1 aromatic rings. The number of Topliss-reactive ketones (excluding diaryl/α,β-unsaturated/α-hetero) is 1. The molecule has 0 aliphatic heterocycles. The molecule has 1 aromatic carbocycles. The molecule has 0 amide bonds. The molecule has 1 atom stereocenters. The number of ketones is 1. The summed E-state index contributed by atoms with van der Waals surface area (Å²) < 4.78 is 0. The molecule has 94 valence electrons. The van der Waals surface area contributed by atoms with Gasteiger partial charge in [-0.25, -0.2) is 0 Å². The van der Waals surface area contributed by atoms with Crippen LogP contribution in [-0.2, 0) is 11.2 Å². The molecule has 1 aliphatic carbocycles. The van der Waals surface area contributed by atoms with Crippen LogP contribution in [0.1, 0.15) is 31.2 Å². The van der Waals surface area contributed by atoms with Crippen LogP contribution in [0.5, 0.6) is 0 Å². The largest absolute Gasteiger partial charge is 0.298 e. The second kappa shape index (κ2) is 6.02. The van der Waals surface area contributed by atoms with Crippen molar-refractivity contribution in [2.24, 2.45) is 11.8 Å². The van der Waals surface area contributed by atoms with Crippen LogP contribution in [0.3, 0.4) is 0 Å². The smallest absolute Gasteiger partial charge is 0.153 e. The highest BCUT2D eigenvalue weighted by molar-refractivity contribution is 6.30. The molecular formula is C15H16ClNO.